The Morgan fingerprint density at radius 1 is 0.971 bits per heavy atom. The molecule has 3 aromatic rings. The molecule has 0 aliphatic carbocycles. The van der Waals surface area contributed by atoms with Crippen molar-refractivity contribution in [3.63, 3.8) is 0 Å². The molecule has 1 aliphatic heterocycles. The second-order valence-electron chi connectivity index (χ2n) is 8.34. The van der Waals surface area contributed by atoms with Crippen molar-refractivity contribution in [1.82, 2.24) is 5.32 Å². The highest BCUT2D eigenvalue weighted by molar-refractivity contribution is 7.86. The number of hydrogen-bond acceptors (Lipinski definition) is 3. The summed E-state index contributed by atoms with van der Waals surface area (Å²) in [5.41, 5.74) is 3.56. The van der Waals surface area contributed by atoms with E-state index < -0.39 is 11.0 Å². The highest BCUT2D eigenvalue weighted by atomic mass is 35.5. The molecule has 0 bridgehead atoms. The lowest BCUT2D eigenvalue weighted by Gasteiger charge is -2.19. The Balaban J connectivity index is 0.00000158. The molecule has 6 heteroatoms. The van der Waals surface area contributed by atoms with Crippen LogP contribution in [0.1, 0.15) is 74.4 Å². The van der Waals surface area contributed by atoms with E-state index in [9.17, 15) is 4.21 Å². The molecule has 2 aromatic carbocycles. The number of nitrogens with one attached hydrogen (secondary N) is 1. The molecule has 184 valence electrons. The third-order valence-electron chi connectivity index (χ3n) is 6.08. The van der Waals surface area contributed by atoms with Gasteiger partial charge in [-0.1, -0.05) is 87.5 Å². The van der Waals surface area contributed by atoms with Gasteiger partial charge in [0.1, 0.15) is 0 Å². The van der Waals surface area contributed by atoms with E-state index >= 15 is 0 Å². The fourth-order valence-corrected chi connectivity index (χ4v) is 6.88. The first-order valence-electron chi connectivity index (χ1n) is 12.4. The molecule has 1 aliphatic rings. The summed E-state index contributed by atoms with van der Waals surface area (Å²) in [4.78, 5) is 2.03. The molecule has 1 aromatic heterocycles. The van der Waals surface area contributed by atoms with E-state index in [2.05, 4.69) is 47.1 Å². The second kappa shape index (κ2) is 14.0. The third-order valence-corrected chi connectivity index (χ3v) is 8.71. The van der Waals surface area contributed by atoms with Gasteiger partial charge in [-0.05, 0) is 60.5 Å². The first kappa shape index (κ1) is 26.9. The molecule has 0 spiro atoms. The Bertz CT molecular complexity index is 1040. The van der Waals surface area contributed by atoms with Gasteiger partial charge in [0.05, 0.1) is 21.5 Å². The molecular weight excluding hydrogens is 480 g/mol. The number of fused-ring (bicyclic) bond motifs is 2. The Kier molecular flexibility index (Phi) is 11.1. The minimum absolute atomic E-state index is 0.0528. The van der Waals surface area contributed by atoms with E-state index in [1.165, 1.54) is 49.0 Å². The van der Waals surface area contributed by atoms with Crippen LogP contribution in [0.2, 0.25) is 5.02 Å². The van der Waals surface area contributed by atoms with Crippen LogP contribution in [0, 0.1) is 0 Å². The molecule has 3 nitrogen and oxygen atoms in total. The van der Waals surface area contributed by atoms with Gasteiger partial charge in [-0.25, -0.2) is 4.21 Å². The third kappa shape index (κ3) is 6.94. The predicted molar refractivity (Wildman–Crippen MR) is 150 cm³/mol. The summed E-state index contributed by atoms with van der Waals surface area (Å²) < 4.78 is 15.0. The van der Waals surface area contributed by atoms with Crippen LogP contribution in [-0.2, 0) is 17.4 Å². The van der Waals surface area contributed by atoms with E-state index in [0.29, 0.717) is 5.02 Å². The van der Waals surface area contributed by atoms with Crippen LogP contribution in [0.4, 0.5) is 5.69 Å². The van der Waals surface area contributed by atoms with Crippen molar-refractivity contribution in [2.45, 2.75) is 69.7 Å². The largest absolute Gasteiger partial charge is 0.305 e. The Morgan fingerprint density at radius 3 is 2.44 bits per heavy atom. The van der Waals surface area contributed by atoms with Crippen LogP contribution >= 0.6 is 22.9 Å². The second-order valence-corrected chi connectivity index (χ2v) is 11.2. The fraction of sp³-hybridized carbons (Fsp3) is 0.429. The van der Waals surface area contributed by atoms with Crippen molar-refractivity contribution in [2.75, 3.05) is 17.9 Å². The van der Waals surface area contributed by atoms with Crippen molar-refractivity contribution < 1.29 is 4.21 Å². The number of unbranched alkanes of at least 4 members (excludes halogenated alkanes) is 5. The summed E-state index contributed by atoms with van der Waals surface area (Å²) >= 11 is 7.96. The molecule has 1 N–H and O–H groups in total. The first-order chi connectivity index (χ1) is 16.6. The fourth-order valence-electron chi connectivity index (χ4n) is 4.32. The summed E-state index contributed by atoms with van der Waals surface area (Å²) in [5.74, 6) is 0. The zero-order valence-electron chi connectivity index (χ0n) is 20.6. The van der Waals surface area contributed by atoms with E-state index in [4.69, 9.17) is 11.6 Å². The molecule has 0 amide bonds. The Hall–Kier alpha value is -1.66. The van der Waals surface area contributed by atoms with Gasteiger partial charge >= 0.3 is 0 Å². The zero-order valence-corrected chi connectivity index (χ0v) is 22.9. The van der Waals surface area contributed by atoms with Gasteiger partial charge in [-0.3, -0.25) is 4.31 Å². The molecule has 4 rings (SSSR count). The molecule has 0 saturated carbocycles. The van der Waals surface area contributed by atoms with E-state index in [-0.39, 0.29) is 6.04 Å². The Morgan fingerprint density at radius 2 is 1.68 bits per heavy atom. The van der Waals surface area contributed by atoms with Crippen LogP contribution in [-0.4, -0.2) is 17.8 Å². The maximum Gasteiger partial charge on any atom is 0.153 e. The number of benzene rings is 2. The van der Waals surface area contributed by atoms with Crippen molar-refractivity contribution >= 4 is 39.6 Å². The van der Waals surface area contributed by atoms with Gasteiger partial charge in [0, 0.05) is 12.1 Å². The molecule has 0 radical (unpaired) electrons. The quantitative estimate of drug-likeness (QED) is 0.275. The van der Waals surface area contributed by atoms with Gasteiger partial charge < -0.3 is 5.32 Å². The highest BCUT2D eigenvalue weighted by Gasteiger charge is 2.31. The summed E-state index contributed by atoms with van der Waals surface area (Å²) in [6.45, 7) is 4.95. The van der Waals surface area contributed by atoms with Gasteiger partial charge in [0.25, 0.3) is 0 Å². The first-order valence-corrected chi connectivity index (χ1v) is 14.8. The lowest BCUT2D eigenvalue weighted by atomic mass is 10.0. The van der Waals surface area contributed by atoms with E-state index in [1.807, 2.05) is 43.4 Å². The van der Waals surface area contributed by atoms with Gasteiger partial charge in [0.15, 0.2) is 11.0 Å². The normalized spacial score (nSPS) is 16.8. The molecule has 0 fully saturated rings. The zero-order chi connectivity index (χ0) is 24.3. The monoisotopic (exact) mass is 516 g/mol. The maximum absolute atomic E-state index is 13.1. The molecule has 0 saturated heterocycles. The summed E-state index contributed by atoms with van der Waals surface area (Å²) in [7, 11) is 0.635. The highest BCUT2D eigenvalue weighted by Crippen LogP contribution is 2.42. The minimum atomic E-state index is -1.26. The molecule has 2 unspecified atom stereocenters. The number of nitrogens with zero attached hydrogens (tertiary/aromatic N) is 1. The number of thiophene rings is 1. The topological polar surface area (TPSA) is 32.3 Å². The average molecular weight is 517 g/mol. The number of aryl methyl sites for hydroxylation is 1. The number of halogens is 1. The van der Waals surface area contributed by atoms with Gasteiger partial charge in [-0.15, -0.1) is 11.3 Å². The van der Waals surface area contributed by atoms with Gasteiger partial charge in [0.2, 0.25) is 0 Å². The van der Waals surface area contributed by atoms with Crippen molar-refractivity contribution in [3.05, 3.63) is 81.0 Å². The molecule has 2 heterocycles. The van der Waals surface area contributed by atoms with Crippen molar-refractivity contribution in [2.24, 2.45) is 0 Å². The standard InChI is InChI=1S/C26H31ClN2OS2.C2H6/c1-29-23-16-18-31-26(23)25(22-15-14-21(27)19-24(22)32(29)30)28-17-10-5-3-2-4-7-11-20-12-8-6-9-13-20;1-2/h6,8-9,12-16,18-19,25,28H,2-5,7,10-11,17H2,1H3;1-2H3. The van der Waals surface area contributed by atoms with Crippen LogP contribution in [0.5, 0.6) is 0 Å². The van der Waals surface area contributed by atoms with E-state index in [1.54, 1.807) is 11.3 Å². The lowest BCUT2D eigenvalue weighted by Crippen LogP contribution is -2.23. The molecule has 2 atom stereocenters. The maximum atomic E-state index is 13.1. The Labute approximate surface area is 217 Å². The van der Waals surface area contributed by atoms with Crippen LogP contribution in [0.15, 0.2) is 64.9 Å². The SMILES string of the molecule is CC.CN1c2ccsc2C(NCCCCCCCCc2ccccc2)c2ccc(Cl)cc2S1=O. The minimum Gasteiger partial charge on any atom is -0.305 e. The summed E-state index contributed by atoms with van der Waals surface area (Å²) in [6, 6.07) is 18.7. The summed E-state index contributed by atoms with van der Waals surface area (Å²) in [6.07, 6.45) is 8.73. The van der Waals surface area contributed by atoms with Gasteiger partial charge in [-0.2, -0.15) is 0 Å². The number of hydrogen-bond donors (Lipinski definition) is 1. The van der Waals surface area contributed by atoms with Crippen molar-refractivity contribution in [3.8, 4) is 0 Å². The lowest BCUT2D eigenvalue weighted by molar-refractivity contribution is 0.540. The molecular formula is C28H37ClN2OS2. The summed E-state index contributed by atoms with van der Waals surface area (Å²) in [5, 5.41) is 6.46. The average Bonchev–Trinajstić information content (AvgIpc) is 3.33. The van der Waals surface area contributed by atoms with E-state index in [0.717, 1.165) is 29.1 Å². The van der Waals surface area contributed by atoms with Crippen LogP contribution in [0.25, 0.3) is 0 Å². The molecule has 34 heavy (non-hydrogen) atoms. The van der Waals surface area contributed by atoms with Crippen LogP contribution < -0.4 is 9.62 Å². The number of anilines is 1. The number of rotatable bonds is 10. The van der Waals surface area contributed by atoms with Crippen LogP contribution in [0.3, 0.4) is 0 Å². The predicted octanol–water partition coefficient (Wildman–Crippen LogP) is 8.16. The smallest absolute Gasteiger partial charge is 0.153 e. The van der Waals surface area contributed by atoms with Crippen molar-refractivity contribution in [1.29, 1.82) is 0 Å².